The predicted octanol–water partition coefficient (Wildman–Crippen LogP) is 15.9. The van der Waals surface area contributed by atoms with Crippen molar-refractivity contribution in [3.8, 4) is 50.2 Å². The van der Waals surface area contributed by atoms with Crippen molar-refractivity contribution in [3.63, 3.8) is 0 Å². The maximum absolute atomic E-state index is 2.54. The van der Waals surface area contributed by atoms with E-state index in [1.807, 2.05) is 0 Å². The average molecular weight is 801 g/mol. The molecule has 0 saturated carbocycles. The molecule has 1 spiro atoms. The summed E-state index contributed by atoms with van der Waals surface area (Å²) in [5.74, 6) is 0. The minimum absolute atomic E-state index is 0.575. The molecule has 13 rings (SSSR count). The van der Waals surface area contributed by atoms with Crippen LogP contribution in [-0.2, 0) is 5.41 Å². The Bertz CT molecular complexity index is 3480. The van der Waals surface area contributed by atoms with E-state index in [2.05, 4.69) is 252 Å². The van der Waals surface area contributed by atoms with Crippen LogP contribution in [0.5, 0.6) is 0 Å². The van der Waals surface area contributed by atoms with Crippen molar-refractivity contribution in [3.05, 3.63) is 265 Å². The molecule has 2 aliphatic rings. The van der Waals surface area contributed by atoms with Crippen LogP contribution in [0.3, 0.4) is 0 Å². The molecule has 2 aliphatic carbocycles. The number of rotatable bonds is 6. The number of nitrogens with zero attached hydrogens (tertiary/aromatic N) is 2. The maximum Gasteiger partial charge on any atom is 0.0746 e. The molecule has 1 heterocycles. The Morgan fingerprint density at radius 2 is 0.794 bits per heavy atom. The number of para-hydroxylation sites is 3. The zero-order valence-corrected chi connectivity index (χ0v) is 34.5. The molecule has 294 valence electrons. The van der Waals surface area contributed by atoms with Crippen molar-refractivity contribution >= 4 is 38.9 Å². The number of aromatic nitrogens is 1. The maximum atomic E-state index is 2.54. The summed E-state index contributed by atoms with van der Waals surface area (Å²) in [5.41, 5.74) is 21.5. The van der Waals surface area contributed by atoms with Gasteiger partial charge in [-0.3, -0.25) is 0 Å². The third-order valence-corrected chi connectivity index (χ3v) is 13.6. The van der Waals surface area contributed by atoms with E-state index >= 15 is 0 Å². The minimum atomic E-state index is -0.575. The molecule has 0 saturated heterocycles. The van der Waals surface area contributed by atoms with Gasteiger partial charge in [0.05, 0.1) is 22.1 Å². The number of fused-ring (bicyclic) bond motifs is 13. The fraction of sp³-hybridized carbons (Fsp3) is 0.0164. The molecule has 63 heavy (non-hydrogen) atoms. The highest BCUT2D eigenvalue weighted by Gasteiger charge is 2.53. The highest BCUT2D eigenvalue weighted by atomic mass is 15.1. The smallest absolute Gasteiger partial charge is 0.0746 e. The van der Waals surface area contributed by atoms with Crippen molar-refractivity contribution in [2.75, 3.05) is 4.90 Å². The van der Waals surface area contributed by atoms with Crippen LogP contribution in [0.2, 0.25) is 0 Å². The Labute approximate surface area is 367 Å². The van der Waals surface area contributed by atoms with Crippen molar-refractivity contribution in [1.82, 2.24) is 4.57 Å². The van der Waals surface area contributed by atoms with Crippen LogP contribution in [0.25, 0.3) is 72.0 Å². The second-order valence-corrected chi connectivity index (χ2v) is 16.8. The topological polar surface area (TPSA) is 8.17 Å². The molecule has 0 fully saturated rings. The van der Waals surface area contributed by atoms with Gasteiger partial charge in [0, 0.05) is 39.0 Å². The van der Waals surface area contributed by atoms with Crippen LogP contribution >= 0.6 is 0 Å². The van der Waals surface area contributed by atoms with Crippen molar-refractivity contribution < 1.29 is 0 Å². The van der Waals surface area contributed by atoms with Gasteiger partial charge in [-0.25, -0.2) is 0 Å². The first kappa shape index (κ1) is 35.5. The lowest BCUT2D eigenvalue weighted by Crippen LogP contribution is -2.28. The summed E-state index contributed by atoms with van der Waals surface area (Å²) in [7, 11) is 0. The summed E-state index contributed by atoms with van der Waals surface area (Å²) in [6.07, 6.45) is 0. The highest BCUT2D eigenvalue weighted by Crippen LogP contribution is 2.66. The van der Waals surface area contributed by atoms with E-state index in [1.165, 1.54) is 94.3 Å². The van der Waals surface area contributed by atoms with Gasteiger partial charge in [0.25, 0.3) is 0 Å². The molecule has 0 aliphatic heterocycles. The van der Waals surface area contributed by atoms with Gasteiger partial charge in [-0.1, -0.05) is 188 Å². The molecule has 11 aromatic rings. The lowest BCUT2D eigenvalue weighted by molar-refractivity contribution is 0.793. The molecule has 0 bridgehead atoms. The van der Waals surface area contributed by atoms with E-state index in [9.17, 15) is 0 Å². The van der Waals surface area contributed by atoms with E-state index in [4.69, 9.17) is 0 Å². The quantitative estimate of drug-likeness (QED) is 0.163. The Morgan fingerprint density at radius 1 is 0.317 bits per heavy atom. The highest BCUT2D eigenvalue weighted by molar-refractivity contribution is 6.12. The largest absolute Gasteiger partial charge is 0.310 e. The number of hydrogen-bond acceptors (Lipinski definition) is 1. The number of hydrogen-bond donors (Lipinski definition) is 0. The van der Waals surface area contributed by atoms with Gasteiger partial charge in [0.15, 0.2) is 0 Å². The Kier molecular flexibility index (Phi) is 7.85. The van der Waals surface area contributed by atoms with E-state index in [0.29, 0.717) is 0 Å². The monoisotopic (exact) mass is 800 g/mol. The second kappa shape index (κ2) is 13.9. The third-order valence-electron chi connectivity index (χ3n) is 13.6. The van der Waals surface area contributed by atoms with E-state index in [-0.39, 0.29) is 0 Å². The third kappa shape index (κ3) is 5.13. The van der Waals surface area contributed by atoms with Crippen LogP contribution in [0.4, 0.5) is 17.1 Å². The summed E-state index contributed by atoms with van der Waals surface area (Å²) in [6, 6.07) is 89.7. The lowest BCUT2D eigenvalue weighted by Gasteiger charge is -2.37. The van der Waals surface area contributed by atoms with E-state index < -0.39 is 5.41 Å². The van der Waals surface area contributed by atoms with Gasteiger partial charge < -0.3 is 9.47 Å². The average Bonchev–Trinajstić information content (AvgIpc) is 3.97. The Morgan fingerprint density at radius 3 is 1.46 bits per heavy atom. The second-order valence-electron chi connectivity index (χ2n) is 16.8. The van der Waals surface area contributed by atoms with Gasteiger partial charge in [0.2, 0.25) is 0 Å². The molecule has 0 N–H and O–H groups in total. The molecule has 1 aromatic heterocycles. The van der Waals surface area contributed by atoms with Crippen LogP contribution < -0.4 is 4.90 Å². The fourth-order valence-corrected chi connectivity index (χ4v) is 11.0. The van der Waals surface area contributed by atoms with Crippen LogP contribution in [-0.4, -0.2) is 4.57 Å². The summed E-state index contributed by atoms with van der Waals surface area (Å²) >= 11 is 0. The summed E-state index contributed by atoms with van der Waals surface area (Å²) in [5, 5.41) is 2.46. The number of anilines is 3. The lowest BCUT2D eigenvalue weighted by atomic mass is 9.69. The summed E-state index contributed by atoms with van der Waals surface area (Å²) in [6.45, 7) is 0. The molecular weight excluding hydrogens is 761 g/mol. The SMILES string of the molecule is c1ccc(-c2ccc(N(c3ccccc3)c3c(-c4ccc5c(c4)c4ccccc4n5-c4ccccc4)ccc4c3C3(c5ccccc5-c5ccccc53)c3ccccc3-4)cc2)cc1. The van der Waals surface area contributed by atoms with Gasteiger partial charge in [0.1, 0.15) is 0 Å². The summed E-state index contributed by atoms with van der Waals surface area (Å²) < 4.78 is 2.40. The number of benzene rings is 10. The van der Waals surface area contributed by atoms with E-state index in [1.54, 1.807) is 0 Å². The van der Waals surface area contributed by atoms with Crippen molar-refractivity contribution in [1.29, 1.82) is 0 Å². The fourth-order valence-electron chi connectivity index (χ4n) is 11.0. The molecular formula is C61H40N2. The van der Waals surface area contributed by atoms with Gasteiger partial charge >= 0.3 is 0 Å². The molecule has 2 heteroatoms. The first-order valence-electron chi connectivity index (χ1n) is 21.9. The Balaban J connectivity index is 1.16. The van der Waals surface area contributed by atoms with E-state index in [0.717, 1.165) is 17.1 Å². The molecule has 0 atom stereocenters. The van der Waals surface area contributed by atoms with Gasteiger partial charge in [-0.15, -0.1) is 0 Å². The normalized spacial score (nSPS) is 12.9. The first-order chi connectivity index (χ1) is 31.3. The molecule has 2 nitrogen and oxygen atoms in total. The Hall–Kier alpha value is -8.20. The molecule has 10 aromatic carbocycles. The van der Waals surface area contributed by atoms with Gasteiger partial charge in [-0.2, -0.15) is 0 Å². The zero-order chi connectivity index (χ0) is 41.5. The van der Waals surface area contributed by atoms with Crippen molar-refractivity contribution in [2.24, 2.45) is 0 Å². The molecule has 0 unspecified atom stereocenters. The van der Waals surface area contributed by atoms with Gasteiger partial charge in [-0.05, 0) is 110 Å². The molecule has 0 amide bonds. The minimum Gasteiger partial charge on any atom is -0.310 e. The summed E-state index contributed by atoms with van der Waals surface area (Å²) in [4.78, 5) is 2.54. The standard InChI is InChI=1S/C61H40N2/c1-4-18-41(19-5-1)42-32-35-46(36-33-42)62(44-20-6-2-7-21-44)60-47(43-34-39-58-53(40-43)51-27-13-17-31-57(51)63(58)45-22-8-3-9-23-45)37-38-52-50-26-12-16-30-56(50)61(59(52)60)54-28-14-10-24-48(54)49-25-11-15-29-55(49)61/h1-40H. The van der Waals surface area contributed by atoms with Crippen LogP contribution in [0.1, 0.15) is 22.3 Å². The zero-order valence-electron chi connectivity index (χ0n) is 34.5. The van der Waals surface area contributed by atoms with Crippen molar-refractivity contribution in [2.45, 2.75) is 5.41 Å². The first-order valence-corrected chi connectivity index (χ1v) is 21.9. The van der Waals surface area contributed by atoms with Crippen LogP contribution in [0, 0.1) is 0 Å². The predicted molar refractivity (Wildman–Crippen MR) is 263 cm³/mol. The molecule has 0 radical (unpaired) electrons. The van der Waals surface area contributed by atoms with Crippen LogP contribution in [0.15, 0.2) is 243 Å².